The third-order valence-electron chi connectivity index (χ3n) is 5.65. The molecule has 5 heteroatoms. The van der Waals surface area contributed by atoms with Crippen LogP contribution in [0.15, 0.2) is 42.5 Å². The number of piperidine rings is 1. The van der Waals surface area contributed by atoms with Crippen molar-refractivity contribution in [3.63, 3.8) is 0 Å². The minimum atomic E-state index is -0.319. The van der Waals surface area contributed by atoms with Gasteiger partial charge in [-0.1, -0.05) is 23.7 Å². The molecule has 2 saturated heterocycles. The van der Waals surface area contributed by atoms with E-state index >= 15 is 0 Å². The Labute approximate surface area is 158 Å². The zero-order chi connectivity index (χ0) is 18.1. The summed E-state index contributed by atoms with van der Waals surface area (Å²) in [4.78, 5) is 14.9. The quantitative estimate of drug-likeness (QED) is 0.849. The molecule has 2 aliphatic rings. The number of carbonyl (C=O) groups excluding carboxylic acids is 1. The third-order valence-corrected chi connectivity index (χ3v) is 5.89. The monoisotopic (exact) mass is 372 g/mol. The van der Waals surface area contributed by atoms with Crippen molar-refractivity contribution in [1.29, 1.82) is 0 Å². The molecule has 4 rings (SSSR count). The summed E-state index contributed by atoms with van der Waals surface area (Å²) in [6.07, 6.45) is 3.39. The van der Waals surface area contributed by atoms with Gasteiger partial charge in [-0.25, -0.2) is 4.39 Å². The second-order valence-electron chi connectivity index (χ2n) is 7.46. The Morgan fingerprint density at radius 2 is 1.96 bits per heavy atom. The van der Waals surface area contributed by atoms with Crippen LogP contribution < -0.4 is 5.32 Å². The van der Waals surface area contributed by atoms with Crippen LogP contribution in [0.5, 0.6) is 0 Å². The van der Waals surface area contributed by atoms with E-state index in [2.05, 4.69) is 5.32 Å². The van der Waals surface area contributed by atoms with Crippen LogP contribution in [-0.2, 0) is 0 Å². The van der Waals surface area contributed by atoms with Crippen molar-refractivity contribution in [2.24, 2.45) is 5.41 Å². The Kier molecular flexibility index (Phi) is 4.72. The van der Waals surface area contributed by atoms with Crippen molar-refractivity contribution in [2.45, 2.75) is 19.3 Å². The molecule has 3 nitrogen and oxygen atoms in total. The number of rotatable bonds is 2. The molecule has 2 aromatic rings. The molecule has 0 unspecified atom stereocenters. The van der Waals surface area contributed by atoms with Gasteiger partial charge in [0.15, 0.2) is 0 Å². The highest BCUT2D eigenvalue weighted by Crippen LogP contribution is 2.36. The lowest BCUT2D eigenvalue weighted by Crippen LogP contribution is -2.47. The summed E-state index contributed by atoms with van der Waals surface area (Å²) in [6, 6.07) is 11.6. The molecule has 0 aromatic heterocycles. The maximum absolute atomic E-state index is 14.0. The van der Waals surface area contributed by atoms with Crippen LogP contribution in [-0.4, -0.2) is 37.0 Å². The van der Waals surface area contributed by atoms with Crippen LogP contribution in [0, 0.1) is 11.2 Å². The Morgan fingerprint density at radius 1 is 1.15 bits per heavy atom. The molecule has 2 fully saturated rings. The molecule has 2 aromatic carbocycles. The highest BCUT2D eigenvalue weighted by molar-refractivity contribution is 6.30. The first-order chi connectivity index (χ1) is 12.6. The van der Waals surface area contributed by atoms with E-state index in [0.29, 0.717) is 16.1 Å². The van der Waals surface area contributed by atoms with Gasteiger partial charge in [-0.2, -0.15) is 0 Å². The van der Waals surface area contributed by atoms with Crippen molar-refractivity contribution in [1.82, 2.24) is 10.2 Å². The second kappa shape index (κ2) is 7.01. The van der Waals surface area contributed by atoms with E-state index < -0.39 is 0 Å². The maximum Gasteiger partial charge on any atom is 0.253 e. The number of carbonyl (C=O) groups is 1. The molecule has 0 aliphatic carbocycles. The van der Waals surface area contributed by atoms with Gasteiger partial charge in [-0.15, -0.1) is 0 Å². The van der Waals surface area contributed by atoms with Gasteiger partial charge in [-0.05, 0) is 61.7 Å². The number of nitrogens with one attached hydrogen (secondary N) is 1. The number of amides is 1. The van der Waals surface area contributed by atoms with Crippen LogP contribution >= 0.6 is 11.6 Å². The number of benzene rings is 2. The predicted octanol–water partition coefficient (Wildman–Crippen LogP) is 4.36. The number of hydrogen-bond donors (Lipinski definition) is 1. The summed E-state index contributed by atoms with van der Waals surface area (Å²) in [5.41, 5.74) is 2.07. The summed E-state index contributed by atoms with van der Waals surface area (Å²) >= 11 is 5.98. The molecule has 1 atom stereocenters. The van der Waals surface area contributed by atoms with Gasteiger partial charge < -0.3 is 10.2 Å². The van der Waals surface area contributed by atoms with Gasteiger partial charge in [0, 0.05) is 41.2 Å². The Bertz CT molecular complexity index is 815. The average Bonchev–Trinajstić information content (AvgIpc) is 3.11. The van der Waals surface area contributed by atoms with Crippen molar-refractivity contribution >= 4 is 17.5 Å². The fraction of sp³-hybridized carbons (Fsp3) is 0.381. The Hall–Kier alpha value is -1.91. The van der Waals surface area contributed by atoms with E-state index in [1.807, 2.05) is 4.90 Å². The lowest BCUT2D eigenvalue weighted by molar-refractivity contribution is 0.0553. The number of likely N-dealkylation sites (tertiary alicyclic amines) is 1. The van der Waals surface area contributed by atoms with Gasteiger partial charge in [-0.3, -0.25) is 4.79 Å². The Balaban J connectivity index is 1.53. The highest BCUT2D eigenvalue weighted by atomic mass is 35.5. The normalized spacial score (nSPS) is 22.8. The van der Waals surface area contributed by atoms with Gasteiger partial charge in [0.2, 0.25) is 0 Å². The zero-order valence-electron chi connectivity index (χ0n) is 14.6. The number of nitrogens with zero attached hydrogens (tertiary/aromatic N) is 1. The summed E-state index contributed by atoms with van der Waals surface area (Å²) in [7, 11) is 0. The lowest BCUT2D eigenvalue weighted by Gasteiger charge is -2.40. The molecule has 1 spiro atoms. The standard InChI is InChI=1S/C21H22ClFN2O/c22-17-6-7-19(23)18(12-17)15-2-4-16(5-3-15)20(26)25-11-1-8-21(14-25)9-10-24-13-21/h2-7,12,24H,1,8-11,13-14H2/t21-/m1/s1. The molecule has 2 heterocycles. The van der Waals surface area contributed by atoms with E-state index in [9.17, 15) is 9.18 Å². The van der Waals surface area contributed by atoms with Crippen LogP contribution in [0.25, 0.3) is 11.1 Å². The first-order valence-corrected chi connectivity index (χ1v) is 9.50. The fourth-order valence-corrected chi connectivity index (χ4v) is 4.39. The molecule has 0 saturated carbocycles. The number of halogens is 2. The lowest BCUT2D eigenvalue weighted by atomic mass is 9.79. The SMILES string of the molecule is O=C(c1ccc(-c2cc(Cl)ccc2F)cc1)N1CCC[C@]2(CCNC2)C1. The summed E-state index contributed by atoms with van der Waals surface area (Å²) in [5, 5.41) is 3.92. The van der Waals surface area contributed by atoms with Gasteiger partial charge >= 0.3 is 0 Å². The molecular formula is C21H22ClFN2O. The Morgan fingerprint density at radius 3 is 2.69 bits per heavy atom. The molecular weight excluding hydrogens is 351 g/mol. The molecule has 1 N–H and O–H groups in total. The molecule has 2 aliphatic heterocycles. The van der Waals surface area contributed by atoms with E-state index in [4.69, 9.17) is 11.6 Å². The molecule has 0 radical (unpaired) electrons. The number of hydrogen-bond acceptors (Lipinski definition) is 2. The predicted molar refractivity (Wildman–Crippen MR) is 102 cm³/mol. The molecule has 136 valence electrons. The van der Waals surface area contributed by atoms with Crippen molar-refractivity contribution in [3.05, 3.63) is 58.9 Å². The van der Waals surface area contributed by atoms with Crippen molar-refractivity contribution in [2.75, 3.05) is 26.2 Å². The first kappa shape index (κ1) is 17.5. The van der Waals surface area contributed by atoms with Crippen LogP contribution in [0.1, 0.15) is 29.6 Å². The first-order valence-electron chi connectivity index (χ1n) is 9.12. The average molecular weight is 373 g/mol. The molecule has 1 amide bonds. The minimum Gasteiger partial charge on any atom is -0.338 e. The van der Waals surface area contributed by atoms with Gasteiger partial charge in [0.25, 0.3) is 5.91 Å². The van der Waals surface area contributed by atoms with Gasteiger partial charge in [0.05, 0.1) is 0 Å². The van der Waals surface area contributed by atoms with Gasteiger partial charge in [0.1, 0.15) is 5.82 Å². The smallest absolute Gasteiger partial charge is 0.253 e. The largest absolute Gasteiger partial charge is 0.338 e. The second-order valence-corrected chi connectivity index (χ2v) is 7.89. The molecule has 26 heavy (non-hydrogen) atoms. The molecule has 0 bridgehead atoms. The minimum absolute atomic E-state index is 0.0640. The van der Waals surface area contributed by atoms with Crippen molar-refractivity contribution < 1.29 is 9.18 Å². The van der Waals surface area contributed by atoms with E-state index in [1.165, 1.54) is 18.6 Å². The van der Waals surface area contributed by atoms with Crippen LogP contribution in [0.3, 0.4) is 0 Å². The van der Waals surface area contributed by atoms with E-state index in [-0.39, 0.29) is 17.1 Å². The van der Waals surface area contributed by atoms with Crippen LogP contribution in [0.4, 0.5) is 4.39 Å². The van der Waals surface area contributed by atoms with E-state index in [1.54, 1.807) is 30.3 Å². The van der Waals surface area contributed by atoms with E-state index in [0.717, 1.165) is 44.6 Å². The topological polar surface area (TPSA) is 32.3 Å². The summed E-state index contributed by atoms with van der Waals surface area (Å²) < 4.78 is 14.0. The fourth-order valence-electron chi connectivity index (χ4n) is 4.22. The highest BCUT2D eigenvalue weighted by Gasteiger charge is 2.39. The third kappa shape index (κ3) is 3.36. The summed E-state index contributed by atoms with van der Waals surface area (Å²) in [5.74, 6) is -0.255. The maximum atomic E-state index is 14.0. The van der Waals surface area contributed by atoms with Crippen molar-refractivity contribution in [3.8, 4) is 11.1 Å². The van der Waals surface area contributed by atoms with Crippen LogP contribution in [0.2, 0.25) is 5.02 Å². The summed E-state index contributed by atoms with van der Waals surface area (Å²) in [6.45, 7) is 3.68. The zero-order valence-corrected chi connectivity index (χ0v) is 15.4.